The standard InChI is InChI=1S/C22H22BrNO2/c1-2-25-21-11-9-20(10-12-21)24-15-18-14-19(23)8-13-22(18)26-16-17-6-4-3-5-7-17/h3-14,24H,2,15-16H2,1H3. The lowest BCUT2D eigenvalue weighted by atomic mass is 10.2. The first-order valence-corrected chi connectivity index (χ1v) is 9.46. The van der Waals surface area contributed by atoms with E-state index in [0.29, 0.717) is 19.8 Å². The molecule has 1 N–H and O–H groups in total. The molecule has 0 radical (unpaired) electrons. The molecule has 4 heteroatoms. The number of rotatable bonds is 8. The van der Waals surface area contributed by atoms with Crippen molar-refractivity contribution in [2.24, 2.45) is 0 Å². The molecule has 0 spiro atoms. The van der Waals surface area contributed by atoms with Crippen LogP contribution in [0.15, 0.2) is 77.3 Å². The molecule has 0 amide bonds. The van der Waals surface area contributed by atoms with Crippen LogP contribution < -0.4 is 14.8 Å². The van der Waals surface area contributed by atoms with Crippen molar-refractivity contribution in [3.8, 4) is 11.5 Å². The summed E-state index contributed by atoms with van der Waals surface area (Å²) in [6, 6.07) is 24.3. The van der Waals surface area contributed by atoms with E-state index >= 15 is 0 Å². The lowest BCUT2D eigenvalue weighted by Crippen LogP contribution is -2.04. The Bertz CT molecular complexity index is 819. The van der Waals surface area contributed by atoms with Gasteiger partial charge in [-0.3, -0.25) is 0 Å². The number of halogens is 1. The Kier molecular flexibility index (Phi) is 6.56. The summed E-state index contributed by atoms with van der Waals surface area (Å²) >= 11 is 3.55. The van der Waals surface area contributed by atoms with Crippen LogP contribution in [0.4, 0.5) is 5.69 Å². The summed E-state index contributed by atoms with van der Waals surface area (Å²) in [4.78, 5) is 0. The first kappa shape index (κ1) is 18.3. The second kappa shape index (κ2) is 9.30. The van der Waals surface area contributed by atoms with Crippen LogP contribution in [-0.2, 0) is 13.2 Å². The molecule has 0 aliphatic heterocycles. The Balaban J connectivity index is 1.65. The first-order chi connectivity index (χ1) is 12.7. The van der Waals surface area contributed by atoms with Gasteiger partial charge in [-0.15, -0.1) is 0 Å². The first-order valence-electron chi connectivity index (χ1n) is 8.66. The summed E-state index contributed by atoms with van der Waals surface area (Å²) in [5.74, 6) is 1.77. The fourth-order valence-corrected chi connectivity index (χ4v) is 3.00. The largest absolute Gasteiger partial charge is 0.494 e. The van der Waals surface area contributed by atoms with Crippen LogP contribution in [0.5, 0.6) is 11.5 Å². The van der Waals surface area contributed by atoms with Gasteiger partial charge in [-0.05, 0) is 55.0 Å². The Morgan fingerprint density at radius 2 is 1.65 bits per heavy atom. The monoisotopic (exact) mass is 411 g/mol. The Morgan fingerprint density at radius 3 is 2.38 bits per heavy atom. The summed E-state index contributed by atoms with van der Waals surface area (Å²) in [5.41, 5.74) is 3.30. The normalized spacial score (nSPS) is 10.4. The van der Waals surface area contributed by atoms with Gasteiger partial charge in [0.15, 0.2) is 0 Å². The average Bonchev–Trinajstić information content (AvgIpc) is 2.68. The third-order valence-electron chi connectivity index (χ3n) is 3.91. The lowest BCUT2D eigenvalue weighted by Gasteiger charge is -2.14. The molecule has 26 heavy (non-hydrogen) atoms. The van der Waals surface area contributed by atoms with Crippen LogP contribution in [0, 0.1) is 0 Å². The minimum absolute atomic E-state index is 0.554. The van der Waals surface area contributed by atoms with Crippen LogP contribution in [0.25, 0.3) is 0 Å². The molecule has 0 fully saturated rings. The topological polar surface area (TPSA) is 30.5 Å². The van der Waals surface area contributed by atoms with Crippen LogP contribution in [-0.4, -0.2) is 6.61 Å². The molecule has 0 heterocycles. The molecule has 3 nitrogen and oxygen atoms in total. The molecule has 134 valence electrons. The highest BCUT2D eigenvalue weighted by atomic mass is 79.9. The van der Waals surface area contributed by atoms with Gasteiger partial charge in [0, 0.05) is 22.3 Å². The van der Waals surface area contributed by atoms with Gasteiger partial charge in [0.2, 0.25) is 0 Å². The number of hydrogen-bond donors (Lipinski definition) is 1. The summed E-state index contributed by atoms with van der Waals surface area (Å²) < 4.78 is 12.6. The zero-order valence-electron chi connectivity index (χ0n) is 14.7. The summed E-state index contributed by atoms with van der Waals surface area (Å²) in [7, 11) is 0. The van der Waals surface area contributed by atoms with Crippen molar-refractivity contribution in [3.63, 3.8) is 0 Å². The molecule has 0 unspecified atom stereocenters. The highest BCUT2D eigenvalue weighted by molar-refractivity contribution is 9.10. The fourth-order valence-electron chi connectivity index (χ4n) is 2.60. The van der Waals surface area contributed by atoms with E-state index in [1.165, 1.54) is 0 Å². The molecule has 0 bridgehead atoms. The molecule has 3 rings (SSSR count). The minimum Gasteiger partial charge on any atom is -0.494 e. The molecule has 0 aliphatic rings. The van der Waals surface area contributed by atoms with Gasteiger partial charge >= 0.3 is 0 Å². The molecule has 0 atom stereocenters. The third kappa shape index (κ3) is 5.27. The van der Waals surface area contributed by atoms with Gasteiger partial charge in [-0.25, -0.2) is 0 Å². The van der Waals surface area contributed by atoms with Crippen LogP contribution >= 0.6 is 15.9 Å². The number of nitrogens with one attached hydrogen (secondary N) is 1. The SMILES string of the molecule is CCOc1ccc(NCc2cc(Br)ccc2OCc2ccccc2)cc1. The van der Waals surface area contributed by atoms with Gasteiger partial charge < -0.3 is 14.8 Å². The third-order valence-corrected chi connectivity index (χ3v) is 4.40. The quantitative estimate of drug-likeness (QED) is 0.489. The second-order valence-electron chi connectivity index (χ2n) is 5.84. The highest BCUT2D eigenvalue weighted by Crippen LogP contribution is 2.25. The second-order valence-corrected chi connectivity index (χ2v) is 6.75. The zero-order valence-corrected chi connectivity index (χ0v) is 16.3. The molecule has 0 aliphatic carbocycles. The van der Waals surface area contributed by atoms with E-state index in [2.05, 4.69) is 39.4 Å². The molecule has 0 saturated heterocycles. The maximum Gasteiger partial charge on any atom is 0.124 e. The van der Waals surface area contributed by atoms with Crippen LogP contribution in [0.3, 0.4) is 0 Å². The summed E-state index contributed by atoms with van der Waals surface area (Å²) in [6.07, 6.45) is 0. The summed E-state index contributed by atoms with van der Waals surface area (Å²) in [5, 5.41) is 3.44. The van der Waals surface area contributed by atoms with Crippen molar-refractivity contribution in [2.75, 3.05) is 11.9 Å². The van der Waals surface area contributed by atoms with Crippen molar-refractivity contribution in [2.45, 2.75) is 20.1 Å². The van der Waals surface area contributed by atoms with E-state index in [4.69, 9.17) is 9.47 Å². The minimum atomic E-state index is 0.554. The van der Waals surface area contributed by atoms with Crippen molar-refractivity contribution in [3.05, 3.63) is 88.4 Å². The Labute approximate surface area is 163 Å². The van der Waals surface area contributed by atoms with E-state index in [9.17, 15) is 0 Å². The van der Waals surface area contributed by atoms with E-state index in [-0.39, 0.29) is 0 Å². The van der Waals surface area contributed by atoms with Crippen molar-refractivity contribution in [1.82, 2.24) is 0 Å². The predicted molar refractivity (Wildman–Crippen MR) is 110 cm³/mol. The molecule has 3 aromatic carbocycles. The highest BCUT2D eigenvalue weighted by Gasteiger charge is 2.06. The van der Waals surface area contributed by atoms with Crippen molar-refractivity contribution in [1.29, 1.82) is 0 Å². The number of anilines is 1. The maximum absolute atomic E-state index is 6.04. The van der Waals surface area contributed by atoms with Gasteiger partial charge in [-0.2, -0.15) is 0 Å². The number of ether oxygens (including phenoxy) is 2. The van der Waals surface area contributed by atoms with Gasteiger partial charge in [-0.1, -0.05) is 46.3 Å². The maximum atomic E-state index is 6.04. The van der Waals surface area contributed by atoms with E-state index in [0.717, 1.165) is 32.8 Å². The molecule has 3 aromatic rings. The average molecular weight is 412 g/mol. The van der Waals surface area contributed by atoms with Crippen molar-refractivity contribution >= 4 is 21.6 Å². The van der Waals surface area contributed by atoms with Gasteiger partial charge in [0.05, 0.1) is 6.61 Å². The zero-order chi connectivity index (χ0) is 18.2. The van der Waals surface area contributed by atoms with Gasteiger partial charge in [0.25, 0.3) is 0 Å². The van der Waals surface area contributed by atoms with Crippen molar-refractivity contribution < 1.29 is 9.47 Å². The Hall–Kier alpha value is -2.46. The lowest BCUT2D eigenvalue weighted by molar-refractivity contribution is 0.303. The van der Waals surface area contributed by atoms with E-state index < -0.39 is 0 Å². The number of hydrogen-bond acceptors (Lipinski definition) is 3. The predicted octanol–water partition coefficient (Wildman–Crippen LogP) is 6.04. The molecule has 0 aromatic heterocycles. The summed E-state index contributed by atoms with van der Waals surface area (Å²) in [6.45, 7) is 3.89. The van der Waals surface area contributed by atoms with Crippen LogP contribution in [0.2, 0.25) is 0 Å². The fraction of sp³-hybridized carbons (Fsp3) is 0.182. The molecular formula is C22H22BrNO2. The van der Waals surface area contributed by atoms with E-state index in [1.54, 1.807) is 0 Å². The molecular weight excluding hydrogens is 390 g/mol. The van der Waals surface area contributed by atoms with E-state index in [1.807, 2.05) is 61.5 Å². The molecule has 0 saturated carbocycles. The Morgan fingerprint density at radius 1 is 0.885 bits per heavy atom. The van der Waals surface area contributed by atoms with Crippen LogP contribution in [0.1, 0.15) is 18.1 Å². The smallest absolute Gasteiger partial charge is 0.124 e. The van der Waals surface area contributed by atoms with Gasteiger partial charge in [0.1, 0.15) is 18.1 Å². The number of benzene rings is 3.